The monoisotopic (exact) mass is 388 g/mol. The van der Waals surface area contributed by atoms with Gasteiger partial charge >= 0.3 is 5.97 Å². The Bertz CT molecular complexity index is 842. The molecule has 1 aromatic carbocycles. The molecule has 2 fully saturated rings. The zero-order valence-corrected chi connectivity index (χ0v) is 15.9. The summed E-state index contributed by atoms with van der Waals surface area (Å²) in [6.07, 6.45) is 3.81. The Kier molecular flexibility index (Phi) is 4.55. The predicted molar refractivity (Wildman–Crippen MR) is 97.8 cm³/mol. The molecule has 9 heteroatoms. The van der Waals surface area contributed by atoms with E-state index in [0.717, 1.165) is 11.3 Å². The second-order valence-electron chi connectivity index (χ2n) is 6.85. The Morgan fingerprint density at radius 3 is 2.78 bits per heavy atom. The highest BCUT2D eigenvalue weighted by Gasteiger charge is 2.61. The lowest BCUT2D eigenvalue weighted by Gasteiger charge is -2.37. The fourth-order valence-electron chi connectivity index (χ4n) is 3.56. The molecule has 2 aromatic rings. The maximum atomic E-state index is 12.9. The summed E-state index contributed by atoms with van der Waals surface area (Å²) in [5.41, 5.74) is 0.860. The molecule has 0 N–H and O–H groups in total. The summed E-state index contributed by atoms with van der Waals surface area (Å²) in [5.74, 6) is 0.337. The van der Waals surface area contributed by atoms with Crippen LogP contribution in [0.2, 0.25) is 0 Å². The minimum atomic E-state index is -0.642. The molecule has 3 heterocycles. The van der Waals surface area contributed by atoms with E-state index in [1.165, 1.54) is 0 Å². The van der Waals surface area contributed by atoms with E-state index >= 15 is 0 Å². The lowest BCUT2D eigenvalue weighted by atomic mass is 9.96. The van der Waals surface area contributed by atoms with Crippen LogP contribution in [0.5, 0.6) is 5.75 Å². The van der Waals surface area contributed by atoms with Crippen LogP contribution in [0.4, 0.5) is 0 Å². The maximum absolute atomic E-state index is 12.9. The van der Waals surface area contributed by atoms with Gasteiger partial charge in [-0.25, -0.2) is 4.79 Å². The van der Waals surface area contributed by atoms with E-state index in [9.17, 15) is 9.59 Å². The van der Waals surface area contributed by atoms with Crippen molar-refractivity contribution in [3.8, 4) is 5.75 Å². The molecule has 0 unspecified atom stereocenters. The molecule has 3 atom stereocenters. The number of hydrogen-bond acceptors (Lipinski definition) is 7. The highest BCUT2D eigenvalue weighted by Crippen LogP contribution is 2.51. The number of carbonyl (C=O) groups excluding carboxylic acids is 2. The maximum Gasteiger partial charge on any atom is 0.330 e. The van der Waals surface area contributed by atoms with Gasteiger partial charge in [-0.15, -0.1) is 16.9 Å². The van der Waals surface area contributed by atoms with Crippen molar-refractivity contribution in [2.75, 3.05) is 7.11 Å². The number of methoxy groups -OCH3 is 1. The first-order chi connectivity index (χ1) is 13.0. The number of esters is 1. The Morgan fingerprint density at radius 1 is 1.37 bits per heavy atom. The van der Waals surface area contributed by atoms with Crippen LogP contribution in [0.15, 0.2) is 36.7 Å². The fraction of sp³-hybridized carbons (Fsp3) is 0.444. The predicted octanol–water partition coefficient (Wildman–Crippen LogP) is 1.46. The normalized spacial score (nSPS) is 26.4. The molecule has 0 spiro atoms. The van der Waals surface area contributed by atoms with E-state index < -0.39 is 16.8 Å². The van der Waals surface area contributed by atoms with Crippen molar-refractivity contribution >= 4 is 23.6 Å². The molecule has 2 aliphatic heterocycles. The number of benzene rings is 1. The summed E-state index contributed by atoms with van der Waals surface area (Å²) < 4.78 is 11.9. The van der Waals surface area contributed by atoms with Crippen LogP contribution in [-0.2, 0) is 27.5 Å². The number of amides is 1. The summed E-state index contributed by atoms with van der Waals surface area (Å²) >= 11 is 1.63. The van der Waals surface area contributed by atoms with Gasteiger partial charge < -0.3 is 14.4 Å². The van der Waals surface area contributed by atoms with Gasteiger partial charge in [0.25, 0.3) is 0 Å². The van der Waals surface area contributed by atoms with Crippen LogP contribution in [0.25, 0.3) is 0 Å². The highest BCUT2D eigenvalue weighted by molar-refractivity contribution is 8.01. The molecule has 2 aliphatic rings. The van der Waals surface area contributed by atoms with Gasteiger partial charge in [0.05, 0.1) is 36.4 Å². The summed E-state index contributed by atoms with van der Waals surface area (Å²) in [5, 5.41) is 7.84. The van der Waals surface area contributed by atoms with E-state index in [-0.39, 0.29) is 17.9 Å². The molecule has 1 amide bonds. The van der Waals surface area contributed by atoms with Crippen LogP contribution in [-0.4, -0.2) is 55.0 Å². The van der Waals surface area contributed by atoms with Gasteiger partial charge in [-0.05, 0) is 24.6 Å². The molecular weight excluding hydrogens is 368 g/mol. The van der Waals surface area contributed by atoms with E-state index in [0.29, 0.717) is 13.0 Å². The van der Waals surface area contributed by atoms with Gasteiger partial charge in [-0.3, -0.25) is 9.48 Å². The van der Waals surface area contributed by atoms with Crippen molar-refractivity contribution in [3.63, 3.8) is 0 Å². The third-order valence-electron chi connectivity index (χ3n) is 4.92. The van der Waals surface area contributed by atoms with Crippen molar-refractivity contribution in [3.05, 3.63) is 42.2 Å². The Hall–Kier alpha value is -2.55. The molecule has 142 valence electrons. The van der Waals surface area contributed by atoms with Gasteiger partial charge in [0.15, 0.2) is 0 Å². The van der Waals surface area contributed by atoms with Crippen molar-refractivity contribution in [2.45, 2.75) is 42.7 Å². The minimum Gasteiger partial charge on any atom is -0.497 e. The third-order valence-corrected chi connectivity index (χ3v) is 6.48. The number of carbonyl (C=O) groups is 2. The summed E-state index contributed by atoms with van der Waals surface area (Å²) in [4.78, 5) is 26.7. The lowest BCUT2D eigenvalue weighted by molar-refractivity contribution is -0.162. The summed E-state index contributed by atoms with van der Waals surface area (Å²) in [6, 6.07) is 6.69. The van der Waals surface area contributed by atoms with Gasteiger partial charge in [-0.2, -0.15) is 0 Å². The molecule has 8 nitrogen and oxygen atoms in total. The minimum absolute atomic E-state index is 0.0128. The van der Waals surface area contributed by atoms with E-state index in [4.69, 9.17) is 9.47 Å². The second kappa shape index (κ2) is 6.88. The third kappa shape index (κ3) is 3.27. The van der Waals surface area contributed by atoms with Crippen molar-refractivity contribution in [1.29, 1.82) is 0 Å². The molecule has 0 radical (unpaired) electrons. The first-order valence-corrected chi connectivity index (χ1v) is 9.51. The number of rotatable bonds is 6. The smallest absolute Gasteiger partial charge is 0.330 e. The topological polar surface area (TPSA) is 86.5 Å². The second-order valence-corrected chi connectivity index (χ2v) is 8.56. The number of fused-ring (bicyclic) bond motifs is 1. The molecular formula is C18H20N4O4S. The zero-order chi connectivity index (χ0) is 19.0. The van der Waals surface area contributed by atoms with Crippen molar-refractivity contribution < 1.29 is 19.1 Å². The zero-order valence-electron chi connectivity index (χ0n) is 15.1. The molecule has 1 aromatic heterocycles. The Labute approximate surface area is 160 Å². The number of β-lactam (4-membered cyclic amide) rings is 1. The van der Waals surface area contributed by atoms with Crippen molar-refractivity contribution in [1.82, 2.24) is 19.9 Å². The molecule has 27 heavy (non-hydrogen) atoms. The number of thioether (sulfide) groups is 1. The van der Waals surface area contributed by atoms with Gasteiger partial charge in [0.2, 0.25) is 5.91 Å². The Balaban J connectivity index is 1.49. The average molecular weight is 388 g/mol. The fourth-order valence-corrected chi connectivity index (χ4v) is 5.31. The lowest BCUT2D eigenvalue weighted by Crippen LogP contribution is -2.58. The number of nitrogens with zero attached hydrogens (tertiary/aromatic N) is 4. The highest BCUT2D eigenvalue weighted by atomic mass is 32.2. The summed E-state index contributed by atoms with van der Waals surface area (Å²) in [6.45, 7) is 2.60. The van der Waals surface area contributed by atoms with Crippen LogP contribution < -0.4 is 4.74 Å². The van der Waals surface area contributed by atoms with E-state index in [2.05, 4.69) is 10.3 Å². The van der Waals surface area contributed by atoms with E-state index in [1.54, 1.807) is 40.8 Å². The molecule has 0 saturated carbocycles. The van der Waals surface area contributed by atoms with Gasteiger partial charge in [-0.1, -0.05) is 17.3 Å². The van der Waals surface area contributed by atoms with Crippen LogP contribution >= 0.6 is 11.8 Å². The first-order valence-electron chi connectivity index (χ1n) is 8.63. The Morgan fingerprint density at radius 2 is 2.15 bits per heavy atom. The van der Waals surface area contributed by atoms with Gasteiger partial charge in [0, 0.05) is 6.20 Å². The van der Waals surface area contributed by atoms with Crippen molar-refractivity contribution in [2.24, 2.45) is 0 Å². The largest absolute Gasteiger partial charge is 0.497 e. The first kappa shape index (κ1) is 17.8. The number of ether oxygens (including phenoxy) is 2. The molecule has 0 bridgehead atoms. The van der Waals surface area contributed by atoms with E-state index in [1.807, 2.05) is 31.2 Å². The SMILES string of the molecule is COc1ccc(COC(=O)[C@@H]2N3C(=O)C[C@@H]3S[C@@]2(C)Cn2ccnn2)cc1. The average Bonchev–Trinajstić information content (AvgIpc) is 3.24. The quantitative estimate of drug-likeness (QED) is 0.547. The standard InChI is InChI=1S/C18H20N4O4S/c1-18(11-21-8-7-19-20-21)16(22-14(23)9-15(22)27-18)17(24)26-10-12-3-5-13(25-2)6-4-12/h3-8,15-16H,9-11H2,1-2H3/t15-,16-,18-/m0/s1. The number of aromatic nitrogens is 3. The summed E-state index contributed by atoms with van der Waals surface area (Å²) in [7, 11) is 1.60. The number of hydrogen-bond donors (Lipinski definition) is 0. The van der Waals surface area contributed by atoms with Gasteiger partial charge in [0.1, 0.15) is 18.4 Å². The van der Waals surface area contributed by atoms with Crippen LogP contribution in [0.1, 0.15) is 18.9 Å². The van der Waals surface area contributed by atoms with Crippen LogP contribution in [0.3, 0.4) is 0 Å². The molecule has 0 aliphatic carbocycles. The van der Waals surface area contributed by atoms with Crippen LogP contribution in [0, 0.1) is 0 Å². The molecule has 4 rings (SSSR count). The molecule has 2 saturated heterocycles.